The molecule has 0 heterocycles. The van der Waals surface area contributed by atoms with E-state index in [1.54, 1.807) is 0 Å². The first-order valence-electron chi connectivity index (χ1n) is 11.8. The quantitative estimate of drug-likeness (QED) is 0.589. The van der Waals surface area contributed by atoms with E-state index >= 15 is 0 Å². The lowest BCUT2D eigenvalue weighted by atomic mass is 9.43. The van der Waals surface area contributed by atoms with E-state index in [0.29, 0.717) is 11.3 Å². The predicted molar refractivity (Wildman–Crippen MR) is 116 cm³/mol. The highest BCUT2D eigenvalue weighted by Gasteiger charge is 2.63. The van der Waals surface area contributed by atoms with E-state index in [-0.39, 0.29) is 5.41 Å². The molecule has 3 fully saturated rings. The van der Waals surface area contributed by atoms with Crippen LogP contribution in [-0.2, 0) is 6.42 Å². The third kappa shape index (κ3) is 2.54. The number of aliphatic hydroxyl groups is 1. The van der Waals surface area contributed by atoms with Crippen molar-refractivity contribution in [3.63, 3.8) is 0 Å². The van der Waals surface area contributed by atoms with Crippen LogP contribution in [0.3, 0.4) is 0 Å². The van der Waals surface area contributed by atoms with E-state index in [2.05, 4.69) is 63.3 Å². The minimum atomic E-state index is -0.462. The second-order valence-electron chi connectivity index (χ2n) is 11.2. The number of hydrogen-bond acceptors (Lipinski definition) is 1. The van der Waals surface area contributed by atoms with E-state index < -0.39 is 5.60 Å². The summed E-state index contributed by atoms with van der Waals surface area (Å²) in [6.45, 7) is 7.20. The van der Waals surface area contributed by atoms with Crippen molar-refractivity contribution in [2.75, 3.05) is 0 Å². The Bertz CT molecular complexity index is 749. The first kappa shape index (κ1) is 18.9. The standard InChI is InChI=1S/C27H38O/c1-25-16-14-24-22(23(25)15-17-26(25,2)28)13-12-20-10-7-11-21(27(20,24)3)18-19-8-5-4-6-9-19/h4-9,11,20-24,28H,10,12-18H2,1-3H3/t20?,21?,22-,23-,24+,25-,26?,27+/m0/s1. The lowest BCUT2D eigenvalue weighted by molar-refractivity contribution is -0.148. The molecule has 1 aromatic carbocycles. The van der Waals surface area contributed by atoms with Gasteiger partial charge in [-0.05, 0) is 104 Å². The number of benzene rings is 1. The Morgan fingerprint density at radius 1 is 0.929 bits per heavy atom. The van der Waals surface area contributed by atoms with Gasteiger partial charge in [0.25, 0.3) is 0 Å². The topological polar surface area (TPSA) is 20.2 Å². The van der Waals surface area contributed by atoms with Gasteiger partial charge in [0.2, 0.25) is 0 Å². The van der Waals surface area contributed by atoms with Crippen molar-refractivity contribution in [2.45, 2.75) is 77.7 Å². The van der Waals surface area contributed by atoms with Crippen LogP contribution in [0, 0.1) is 40.4 Å². The first-order chi connectivity index (χ1) is 13.4. The largest absolute Gasteiger partial charge is 0.390 e. The zero-order valence-electron chi connectivity index (χ0n) is 18.0. The van der Waals surface area contributed by atoms with Crippen molar-refractivity contribution < 1.29 is 5.11 Å². The van der Waals surface area contributed by atoms with Gasteiger partial charge in [-0.25, -0.2) is 0 Å². The van der Waals surface area contributed by atoms with Gasteiger partial charge in [-0.2, -0.15) is 0 Å². The van der Waals surface area contributed by atoms with E-state index in [1.165, 1.54) is 50.5 Å². The molecule has 0 amide bonds. The lowest BCUT2D eigenvalue weighted by Gasteiger charge is -2.62. The Morgan fingerprint density at radius 3 is 2.46 bits per heavy atom. The van der Waals surface area contributed by atoms with Gasteiger partial charge in [0.1, 0.15) is 0 Å². The molecule has 1 heteroatoms. The monoisotopic (exact) mass is 378 g/mol. The highest BCUT2D eigenvalue weighted by Crippen LogP contribution is 2.68. The van der Waals surface area contributed by atoms with Crippen molar-refractivity contribution in [3.8, 4) is 0 Å². The van der Waals surface area contributed by atoms with Crippen LogP contribution in [0.1, 0.15) is 71.3 Å². The van der Waals surface area contributed by atoms with E-state index in [1.807, 2.05) is 0 Å². The fourth-order valence-electron chi connectivity index (χ4n) is 8.43. The third-order valence-corrected chi connectivity index (χ3v) is 10.4. The average molecular weight is 379 g/mol. The number of hydrogen-bond donors (Lipinski definition) is 1. The van der Waals surface area contributed by atoms with Crippen LogP contribution in [0.2, 0.25) is 0 Å². The Kier molecular flexibility index (Phi) is 4.36. The maximum absolute atomic E-state index is 11.2. The second kappa shape index (κ2) is 6.46. The van der Waals surface area contributed by atoms with Gasteiger partial charge in [-0.15, -0.1) is 0 Å². The molecule has 3 unspecified atom stereocenters. The number of rotatable bonds is 2. The number of fused-ring (bicyclic) bond motifs is 5. The minimum absolute atomic E-state index is 0.136. The van der Waals surface area contributed by atoms with Crippen LogP contribution in [0.25, 0.3) is 0 Å². The summed E-state index contributed by atoms with van der Waals surface area (Å²) in [7, 11) is 0. The van der Waals surface area contributed by atoms with Gasteiger partial charge in [0.15, 0.2) is 0 Å². The highest BCUT2D eigenvalue weighted by molar-refractivity contribution is 5.22. The molecule has 1 N–H and O–H groups in total. The van der Waals surface area contributed by atoms with Crippen LogP contribution in [0.4, 0.5) is 0 Å². The summed E-state index contributed by atoms with van der Waals surface area (Å²) < 4.78 is 0. The summed E-state index contributed by atoms with van der Waals surface area (Å²) >= 11 is 0. The van der Waals surface area contributed by atoms with Crippen LogP contribution < -0.4 is 0 Å². The van der Waals surface area contributed by atoms with Crippen molar-refractivity contribution in [2.24, 2.45) is 40.4 Å². The van der Waals surface area contributed by atoms with Gasteiger partial charge in [0.05, 0.1) is 5.60 Å². The highest BCUT2D eigenvalue weighted by atomic mass is 16.3. The third-order valence-electron chi connectivity index (χ3n) is 10.4. The normalized spacial score (nSPS) is 49.9. The molecule has 1 aromatic rings. The van der Waals surface area contributed by atoms with Crippen LogP contribution in [0.15, 0.2) is 42.5 Å². The molecular weight excluding hydrogens is 340 g/mol. The van der Waals surface area contributed by atoms with Crippen LogP contribution >= 0.6 is 0 Å². The summed E-state index contributed by atoms with van der Waals surface area (Å²) in [6.07, 6.45) is 15.1. The van der Waals surface area contributed by atoms with E-state index in [4.69, 9.17) is 0 Å². The Hall–Kier alpha value is -1.08. The van der Waals surface area contributed by atoms with Gasteiger partial charge >= 0.3 is 0 Å². The molecule has 0 saturated heterocycles. The van der Waals surface area contributed by atoms with Gasteiger partial charge in [0, 0.05) is 0 Å². The molecule has 0 bridgehead atoms. The maximum Gasteiger partial charge on any atom is 0.0675 e. The van der Waals surface area contributed by atoms with Crippen molar-refractivity contribution >= 4 is 0 Å². The average Bonchev–Trinajstić information content (AvgIpc) is 2.93. The smallest absolute Gasteiger partial charge is 0.0675 e. The summed E-state index contributed by atoms with van der Waals surface area (Å²) in [4.78, 5) is 0. The lowest BCUT2D eigenvalue weighted by Crippen LogP contribution is -2.57. The first-order valence-corrected chi connectivity index (χ1v) is 11.8. The fourth-order valence-corrected chi connectivity index (χ4v) is 8.43. The summed E-state index contributed by atoms with van der Waals surface area (Å²) in [5, 5.41) is 11.2. The van der Waals surface area contributed by atoms with Gasteiger partial charge < -0.3 is 5.11 Å². The molecule has 4 aliphatic rings. The SMILES string of the molecule is CC1(O)CC[C@H]2[C@@H]3CCC4CC=CC(Cc5ccccc5)[C@]4(C)[C@@H]3CC[C@@]21C. The Balaban J connectivity index is 1.48. The second-order valence-corrected chi connectivity index (χ2v) is 11.2. The molecule has 0 spiro atoms. The molecule has 4 aliphatic carbocycles. The molecule has 28 heavy (non-hydrogen) atoms. The molecule has 0 radical (unpaired) electrons. The van der Waals surface area contributed by atoms with Gasteiger partial charge in [-0.3, -0.25) is 0 Å². The molecular formula is C27H38O. The van der Waals surface area contributed by atoms with Crippen molar-refractivity contribution in [1.82, 2.24) is 0 Å². The summed E-state index contributed by atoms with van der Waals surface area (Å²) in [6, 6.07) is 11.1. The van der Waals surface area contributed by atoms with Crippen LogP contribution in [0.5, 0.6) is 0 Å². The Morgan fingerprint density at radius 2 is 1.68 bits per heavy atom. The fraction of sp³-hybridized carbons (Fsp3) is 0.704. The molecule has 0 aromatic heterocycles. The predicted octanol–water partition coefficient (Wildman–Crippen LogP) is 6.42. The number of allylic oxidation sites excluding steroid dienone is 2. The van der Waals surface area contributed by atoms with Crippen molar-refractivity contribution in [1.29, 1.82) is 0 Å². The maximum atomic E-state index is 11.2. The molecule has 5 rings (SSSR count). The Labute approximate surface area is 171 Å². The minimum Gasteiger partial charge on any atom is -0.390 e. The molecule has 152 valence electrons. The summed E-state index contributed by atoms with van der Waals surface area (Å²) in [5.74, 6) is 3.88. The molecule has 1 nitrogen and oxygen atoms in total. The summed E-state index contributed by atoms with van der Waals surface area (Å²) in [5.41, 5.74) is 1.58. The van der Waals surface area contributed by atoms with E-state index in [9.17, 15) is 5.11 Å². The van der Waals surface area contributed by atoms with Crippen LogP contribution in [-0.4, -0.2) is 10.7 Å². The zero-order valence-corrected chi connectivity index (χ0v) is 18.0. The molecule has 8 atom stereocenters. The van der Waals surface area contributed by atoms with Crippen molar-refractivity contribution in [3.05, 3.63) is 48.0 Å². The molecule has 0 aliphatic heterocycles. The molecule has 3 saturated carbocycles. The zero-order chi connectivity index (χ0) is 19.6. The van der Waals surface area contributed by atoms with E-state index in [0.717, 1.165) is 30.1 Å². The van der Waals surface area contributed by atoms with Gasteiger partial charge in [-0.1, -0.05) is 56.3 Å².